The van der Waals surface area contributed by atoms with E-state index in [2.05, 4.69) is 5.32 Å². The van der Waals surface area contributed by atoms with Crippen LogP contribution in [-0.2, 0) is 11.3 Å². The van der Waals surface area contributed by atoms with Gasteiger partial charge in [0.25, 0.3) is 5.69 Å². The zero-order valence-corrected chi connectivity index (χ0v) is 10.8. The maximum Gasteiger partial charge on any atom is 0.408 e. The molecule has 0 bridgehead atoms. The van der Waals surface area contributed by atoms with Crippen molar-refractivity contribution < 1.29 is 24.7 Å². The number of aliphatic hydroxyl groups is 1. The average Bonchev–Trinajstić information content (AvgIpc) is 2.44. The number of nitro groups is 1. The van der Waals surface area contributed by atoms with Gasteiger partial charge in [-0.05, 0) is 5.56 Å². The number of benzene rings is 1. The van der Waals surface area contributed by atoms with E-state index in [0.717, 1.165) is 4.90 Å². The zero-order chi connectivity index (χ0) is 15.6. The first-order chi connectivity index (χ1) is 9.93. The van der Waals surface area contributed by atoms with Gasteiger partial charge in [-0.3, -0.25) is 19.8 Å². The number of carbonyl (C=O) groups is 2. The van der Waals surface area contributed by atoms with Crippen molar-refractivity contribution in [3.63, 3.8) is 0 Å². The summed E-state index contributed by atoms with van der Waals surface area (Å²) in [6.07, 6.45) is -1.30. The number of β-lactam (4-membered cyclic amide) rings is 1. The van der Waals surface area contributed by atoms with Crippen LogP contribution in [0.15, 0.2) is 24.3 Å². The van der Waals surface area contributed by atoms with E-state index < -0.39 is 29.0 Å². The minimum Gasteiger partial charge on any atom is -0.465 e. The third-order valence-corrected chi connectivity index (χ3v) is 3.26. The maximum atomic E-state index is 11.5. The molecule has 0 unspecified atom stereocenters. The van der Waals surface area contributed by atoms with Crippen molar-refractivity contribution in [2.75, 3.05) is 6.61 Å². The molecule has 21 heavy (non-hydrogen) atoms. The van der Waals surface area contributed by atoms with Gasteiger partial charge in [-0.25, -0.2) is 4.79 Å². The Balaban J connectivity index is 2.15. The zero-order valence-electron chi connectivity index (χ0n) is 10.8. The highest BCUT2D eigenvalue weighted by Gasteiger charge is 2.45. The second-order valence-corrected chi connectivity index (χ2v) is 4.58. The number of non-ortho nitro benzene ring substituents is 1. The van der Waals surface area contributed by atoms with E-state index >= 15 is 0 Å². The first-order valence-electron chi connectivity index (χ1n) is 6.08. The van der Waals surface area contributed by atoms with Crippen molar-refractivity contribution in [1.82, 2.24) is 10.2 Å². The molecular weight excluding hydrogens is 282 g/mol. The summed E-state index contributed by atoms with van der Waals surface area (Å²) in [5.74, 6) is -0.474. The van der Waals surface area contributed by atoms with Crippen LogP contribution in [0.2, 0.25) is 0 Å². The van der Waals surface area contributed by atoms with Crippen LogP contribution in [0.4, 0.5) is 10.5 Å². The summed E-state index contributed by atoms with van der Waals surface area (Å²) in [5, 5.41) is 31.2. The number of nitrogens with one attached hydrogen (secondary N) is 1. The summed E-state index contributed by atoms with van der Waals surface area (Å²) in [5.41, 5.74) is 0.412. The van der Waals surface area contributed by atoms with Crippen LogP contribution in [0, 0.1) is 10.1 Å². The second kappa shape index (κ2) is 5.75. The van der Waals surface area contributed by atoms with Crippen molar-refractivity contribution >= 4 is 17.7 Å². The fraction of sp³-hybridized carbons (Fsp3) is 0.333. The van der Waals surface area contributed by atoms with E-state index in [1.807, 2.05) is 0 Å². The molecule has 3 N–H and O–H groups in total. The molecule has 1 aliphatic heterocycles. The van der Waals surface area contributed by atoms with Crippen molar-refractivity contribution in [2.24, 2.45) is 0 Å². The molecule has 1 fully saturated rings. The number of carboxylic acid groups (broad SMARTS) is 1. The monoisotopic (exact) mass is 295 g/mol. The van der Waals surface area contributed by atoms with E-state index in [9.17, 15) is 24.8 Å². The number of amides is 2. The molecule has 0 aromatic heterocycles. The van der Waals surface area contributed by atoms with E-state index in [-0.39, 0.29) is 18.8 Å². The first-order valence-corrected chi connectivity index (χ1v) is 6.08. The van der Waals surface area contributed by atoms with Gasteiger partial charge in [0, 0.05) is 18.7 Å². The standard InChI is InChI=1S/C12H13N3O6/c16-6-9-10(11(17)13-9)14(12(18)19)5-7-1-3-8(4-2-7)15(20)21/h1-4,9-10,16H,5-6H2,(H,13,17)(H,18,19)/t9-,10+/m1/s1. The summed E-state index contributed by atoms with van der Waals surface area (Å²) in [7, 11) is 0. The number of hydrogen-bond donors (Lipinski definition) is 3. The van der Waals surface area contributed by atoms with Crippen molar-refractivity contribution in [2.45, 2.75) is 18.6 Å². The van der Waals surface area contributed by atoms with Gasteiger partial charge in [0.05, 0.1) is 17.6 Å². The third kappa shape index (κ3) is 2.92. The summed E-state index contributed by atoms with van der Waals surface area (Å²) in [6.45, 7) is -0.456. The van der Waals surface area contributed by atoms with E-state index in [4.69, 9.17) is 5.11 Å². The summed E-state index contributed by atoms with van der Waals surface area (Å²) >= 11 is 0. The Kier molecular flexibility index (Phi) is 4.03. The average molecular weight is 295 g/mol. The number of carbonyl (C=O) groups excluding carboxylic acids is 1. The van der Waals surface area contributed by atoms with E-state index in [1.54, 1.807) is 0 Å². The molecule has 2 rings (SSSR count). The Labute approximate surface area is 118 Å². The number of nitro benzene ring substituents is 1. The largest absolute Gasteiger partial charge is 0.465 e. The van der Waals surface area contributed by atoms with Crippen LogP contribution < -0.4 is 5.32 Å². The number of aliphatic hydroxyl groups excluding tert-OH is 1. The molecule has 0 saturated carbocycles. The minimum absolute atomic E-state index is 0.0953. The molecule has 0 spiro atoms. The van der Waals surface area contributed by atoms with Crippen LogP contribution >= 0.6 is 0 Å². The van der Waals surface area contributed by atoms with Crippen LogP contribution in [0.25, 0.3) is 0 Å². The highest BCUT2D eigenvalue weighted by Crippen LogP contribution is 2.19. The van der Waals surface area contributed by atoms with Crippen molar-refractivity contribution in [3.05, 3.63) is 39.9 Å². The maximum absolute atomic E-state index is 11.5. The van der Waals surface area contributed by atoms with E-state index in [0.29, 0.717) is 5.56 Å². The quantitative estimate of drug-likeness (QED) is 0.396. The molecule has 0 radical (unpaired) electrons. The Bertz CT molecular complexity index is 573. The fourth-order valence-electron chi connectivity index (χ4n) is 2.14. The Hall–Kier alpha value is -2.68. The van der Waals surface area contributed by atoms with Crippen LogP contribution in [0.3, 0.4) is 0 Å². The third-order valence-electron chi connectivity index (χ3n) is 3.26. The van der Waals surface area contributed by atoms with E-state index in [1.165, 1.54) is 24.3 Å². The molecule has 2 atom stereocenters. The van der Waals surface area contributed by atoms with Crippen LogP contribution in [-0.4, -0.2) is 50.7 Å². The Morgan fingerprint density at radius 2 is 2.00 bits per heavy atom. The molecule has 1 saturated heterocycles. The predicted molar refractivity (Wildman–Crippen MR) is 69.5 cm³/mol. The number of nitrogens with zero attached hydrogens (tertiary/aromatic N) is 2. The molecule has 2 amide bonds. The molecule has 9 heteroatoms. The minimum atomic E-state index is -1.30. The highest BCUT2D eigenvalue weighted by molar-refractivity contribution is 5.92. The molecular formula is C12H13N3O6. The lowest BCUT2D eigenvalue weighted by molar-refractivity contribution is -0.384. The summed E-state index contributed by atoms with van der Waals surface area (Å²) < 4.78 is 0. The number of hydrogen-bond acceptors (Lipinski definition) is 5. The predicted octanol–water partition coefficient (Wildman–Crippen LogP) is -0.0659. The fourth-order valence-corrected chi connectivity index (χ4v) is 2.14. The SMILES string of the molecule is O=C1N[C@H](CO)[C@@H]1N(Cc1ccc([N+](=O)[O-])cc1)C(=O)O. The Morgan fingerprint density at radius 1 is 1.38 bits per heavy atom. The molecule has 9 nitrogen and oxygen atoms in total. The first kappa shape index (κ1) is 14.7. The van der Waals surface area contributed by atoms with Gasteiger partial charge >= 0.3 is 6.09 Å². The van der Waals surface area contributed by atoms with Gasteiger partial charge in [0.1, 0.15) is 6.04 Å². The Morgan fingerprint density at radius 3 is 2.43 bits per heavy atom. The second-order valence-electron chi connectivity index (χ2n) is 4.58. The summed E-state index contributed by atoms with van der Waals surface area (Å²) in [4.78, 5) is 33.6. The van der Waals surface area contributed by atoms with Gasteiger partial charge in [-0.2, -0.15) is 0 Å². The summed E-state index contributed by atoms with van der Waals surface area (Å²) in [6, 6.07) is 3.80. The lowest BCUT2D eigenvalue weighted by atomic mass is 9.97. The van der Waals surface area contributed by atoms with Crippen LogP contribution in [0.5, 0.6) is 0 Å². The van der Waals surface area contributed by atoms with Crippen molar-refractivity contribution in [3.8, 4) is 0 Å². The normalized spacial score (nSPS) is 20.3. The topological polar surface area (TPSA) is 133 Å². The lowest BCUT2D eigenvalue weighted by Gasteiger charge is -2.41. The molecule has 1 aromatic rings. The van der Waals surface area contributed by atoms with Crippen LogP contribution in [0.1, 0.15) is 5.56 Å². The molecule has 112 valence electrons. The highest BCUT2D eigenvalue weighted by atomic mass is 16.6. The van der Waals surface area contributed by atoms with Gasteiger partial charge in [-0.1, -0.05) is 12.1 Å². The lowest BCUT2D eigenvalue weighted by Crippen LogP contribution is -2.70. The van der Waals surface area contributed by atoms with Gasteiger partial charge in [0.15, 0.2) is 0 Å². The van der Waals surface area contributed by atoms with Gasteiger partial charge in [-0.15, -0.1) is 0 Å². The molecule has 1 aromatic carbocycles. The smallest absolute Gasteiger partial charge is 0.408 e. The molecule has 1 aliphatic rings. The van der Waals surface area contributed by atoms with Crippen molar-refractivity contribution in [1.29, 1.82) is 0 Å². The number of rotatable bonds is 5. The molecule has 0 aliphatic carbocycles. The van der Waals surface area contributed by atoms with Gasteiger partial charge in [0.2, 0.25) is 5.91 Å². The van der Waals surface area contributed by atoms with Gasteiger partial charge < -0.3 is 15.5 Å². The molecule has 1 heterocycles.